The molecule has 160 valence electrons. The number of fused-ring (bicyclic) bond motifs is 1. The number of anilines is 1. The highest BCUT2D eigenvalue weighted by atomic mass is 35.5. The fraction of sp³-hybridized carbons (Fsp3) is 0.227. The number of carbonyl (C=O) groups excluding carboxylic acids is 1. The summed E-state index contributed by atoms with van der Waals surface area (Å²) in [5.74, 6) is -1.12. The van der Waals surface area contributed by atoms with Gasteiger partial charge in [0.1, 0.15) is 11.1 Å². The molecule has 1 aliphatic heterocycles. The summed E-state index contributed by atoms with van der Waals surface area (Å²) in [6.07, 6.45) is 1.45. The van der Waals surface area contributed by atoms with Crippen LogP contribution in [0.4, 0.5) is 5.69 Å². The van der Waals surface area contributed by atoms with Crippen molar-refractivity contribution in [2.24, 2.45) is 0 Å². The second-order valence-electron chi connectivity index (χ2n) is 7.15. The van der Waals surface area contributed by atoms with Gasteiger partial charge < -0.3 is 20.4 Å². The highest BCUT2D eigenvalue weighted by molar-refractivity contribution is 8.01. The lowest BCUT2D eigenvalue weighted by atomic mass is 10.1. The lowest BCUT2D eigenvalue weighted by Crippen LogP contribution is -2.35. The standard InChI is InChI=1S/C22H20ClN3O4S/c23-14-4-5-16-17(6-7-24-18(16)11-14)25-8-9-26-21(30)19(12-20(28)29)31-22(26)13-2-1-3-15(27)10-13/h1-7,10-11,19,22,27H,8-9,12H2,(H,24,25)(H,28,29). The number of halogens is 1. The number of carbonyl (C=O) groups is 2. The van der Waals surface area contributed by atoms with Crippen molar-refractivity contribution >= 4 is 51.8 Å². The number of hydrogen-bond donors (Lipinski definition) is 3. The Morgan fingerprint density at radius 2 is 2.06 bits per heavy atom. The molecule has 2 heterocycles. The number of hydrogen-bond acceptors (Lipinski definition) is 6. The number of phenolic OH excluding ortho intramolecular Hbond substituents is 1. The summed E-state index contributed by atoms with van der Waals surface area (Å²) < 4.78 is 0. The lowest BCUT2D eigenvalue weighted by Gasteiger charge is -2.24. The molecule has 4 rings (SSSR count). The normalized spacial score (nSPS) is 18.5. The third-order valence-electron chi connectivity index (χ3n) is 5.02. The predicted molar refractivity (Wildman–Crippen MR) is 121 cm³/mol. The van der Waals surface area contributed by atoms with Crippen LogP contribution in [0, 0.1) is 0 Å². The van der Waals surface area contributed by atoms with E-state index in [1.165, 1.54) is 11.8 Å². The quantitative estimate of drug-likeness (QED) is 0.490. The zero-order valence-electron chi connectivity index (χ0n) is 16.4. The van der Waals surface area contributed by atoms with Crippen molar-refractivity contribution in [3.63, 3.8) is 0 Å². The van der Waals surface area contributed by atoms with Crippen LogP contribution in [-0.2, 0) is 9.59 Å². The van der Waals surface area contributed by atoms with E-state index in [1.807, 2.05) is 18.2 Å². The molecule has 0 saturated carbocycles. The third kappa shape index (κ3) is 4.70. The van der Waals surface area contributed by atoms with Crippen molar-refractivity contribution in [2.75, 3.05) is 18.4 Å². The van der Waals surface area contributed by atoms with Crippen molar-refractivity contribution in [1.82, 2.24) is 9.88 Å². The SMILES string of the molecule is O=C(O)CC1SC(c2cccc(O)c2)N(CCNc2ccnc3cc(Cl)ccc23)C1=O. The maximum atomic E-state index is 12.9. The topological polar surface area (TPSA) is 103 Å². The van der Waals surface area contributed by atoms with Gasteiger partial charge in [0.25, 0.3) is 0 Å². The monoisotopic (exact) mass is 457 g/mol. The van der Waals surface area contributed by atoms with Gasteiger partial charge in [-0.05, 0) is 42.0 Å². The number of phenols is 1. The molecular weight excluding hydrogens is 438 g/mol. The van der Waals surface area contributed by atoms with Crippen LogP contribution in [0.3, 0.4) is 0 Å². The first-order valence-electron chi connectivity index (χ1n) is 9.67. The zero-order valence-corrected chi connectivity index (χ0v) is 17.9. The van der Waals surface area contributed by atoms with Crippen molar-refractivity contribution in [2.45, 2.75) is 17.0 Å². The molecule has 2 aromatic carbocycles. The third-order valence-corrected chi connectivity index (χ3v) is 6.74. The van der Waals surface area contributed by atoms with Gasteiger partial charge in [-0.15, -0.1) is 11.8 Å². The fourth-order valence-corrected chi connectivity index (χ4v) is 5.26. The first kappa shape index (κ1) is 21.3. The molecule has 1 amide bonds. The highest BCUT2D eigenvalue weighted by Crippen LogP contribution is 2.44. The van der Waals surface area contributed by atoms with E-state index in [4.69, 9.17) is 11.6 Å². The Kier molecular flexibility index (Phi) is 6.20. The Bertz CT molecular complexity index is 1140. The van der Waals surface area contributed by atoms with Crippen molar-refractivity contribution in [1.29, 1.82) is 0 Å². The maximum Gasteiger partial charge on any atom is 0.305 e. The van der Waals surface area contributed by atoms with Gasteiger partial charge in [0.05, 0.1) is 17.2 Å². The first-order chi connectivity index (χ1) is 14.9. The zero-order chi connectivity index (χ0) is 22.0. The van der Waals surface area contributed by atoms with E-state index < -0.39 is 11.2 Å². The number of thioether (sulfide) groups is 1. The van der Waals surface area contributed by atoms with Gasteiger partial charge in [0.15, 0.2) is 0 Å². The molecule has 31 heavy (non-hydrogen) atoms. The van der Waals surface area contributed by atoms with E-state index in [9.17, 15) is 19.8 Å². The number of rotatable bonds is 7. The van der Waals surface area contributed by atoms with Gasteiger partial charge in [-0.1, -0.05) is 23.7 Å². The average molecular weight is 458 g/mol. The molecule has 1 aliphatic rings. The number of pyridine rings is 1. The molecule has 0 radical (unpaired) electrons. The molecule has 9 heteroatoms. The van der Waals surface area contributed by atoms with Crippen LogP contribution in [-0.4, -0.2) is 50.3 Å². The molecule has 2 atom stereocenters. The van der Waals surface area contributed by atoms with Gasteiger partial charge in [-0.2, -0.15) is 0 Å². The summed E-state index contributed by atoms with van der Waals surface area (Å²) in [5.41, 5.74) is 2.40. The Labute approximate surface area is 188 Å². The second-order valence-corrected chi connectivity index (χ2v) is 8.87. The number of nitrogens with one attached hydrogen (secondary N) is 1. The van der Waals surface area contributed by atoms with Gasteiger partial charge in [0.2, 0.25) is 5.91 Å². The van der Waals surface area contributed by atoms with E-state index >= 15 is 0 Å². The predicted octanol–water partition coefficient (Wildman–Crippen LogP) is 4.12. The average Bonchev–Trinajstić information content (AvgIpc) is 3.03. The highest BCUT2D eigenvalue weighted by Gasteiger charge is 2.41. The molecule has 3 N–H and O–H groups in total. The van der Waals surface area contributed by atoms with Gasteiger partial charge in [0, 0.05) is 35.4 Å². The van der Waals surface area contributed by atoms with Crippen LogP contribution < -0.4 is 5.32 Å². The van der Waals surface area contributed by atoms with Gasteiger partial charge >= 0.3 is 5.97 Å². The smallest absolute Gasteiger partial charge is 0.305 e. The fourth-order valence-electron chi connectivity index (χ4n) is 3.63. The number of aliphatic carboxylic acids is 1. The summed E-state index contributed by atoms with van der Waals surface area (Å²) in [5, 5.41) is 22.9. The summed E-state index contributed by atoms with van der Waals surface area (Å²) in [6, 6.07) is 14.0. The molecule has 0 bridgehead atoms. The van der Waals surface area contributed by atoms with Gasteiger partial charge in [-0.25, -0.2) is 0 Å². The number of amides is 1. The first-order valence-corrected chi connectivity index (χ1v) is 11.0. The van der Waals surface area contributed by atoms with Crippen molar-refractivity contribution in [3.05, 3.63) is 65.3 Å². The molecule has 3 aromatic rings. The number of nitrogens with zero attached hydrogens (tertiary/aromatic N) is 2. The van der Waals surface area contributed by atoms with Crippen LogP contribution >= 0.6 is 23.4 Å². The van der Waals surface area contributed by atoms with E-state index in [0.29, 0.717) is 18.1 Å². The van der Waals surface area contributed by atoms with E-state index in [1.54, 1.807) is 41.4 Å². The second kappa shape index (κ2) is 9.03. The number of benzene rings is 2. The Balaban J connectivity index is 1.52. The van der Waals surface area contributed by atoms with E-state index in [2.05, 4.69) is 10.3 Å². The number of aromatic hydroxyl groups is 1. The number of carboxylic acids is 1. The number of carboxylic acid groups (broad SMARTS) is 1. The van der Waals surface area contributed by atoms with Crippen LogP contribution in [0.2, 0.25) is 5.02 Å². The van der Waals surface area contributed by atoms with Crippen LogP contribution in [0.5, 0.6) is 5.75 Å². The minimum absolute atomic E-state index is 0.104. The largest absolute Gasteiger partial charge is 0.508 e. The summed E-state index contributed by atoms with van der Waals surface area (Å²) in [6.45, 7) is 0.836. The van der Waals surface area contributed by atoms with E-state index in [0.717, 1.165) is 22.2 Å². The molecular formula is C22H20ClN3O4S. The summed E-state index contributed by atoms with van der Waals surface area (Å²) >= 11 is 7.35. The molecule has 7 nitrogen and oxygen atoms in total. The minimum atomic E-state index is -1.01. The van der Waals surface area contributed by atoms with Gasteiger partial charge in [-0.3, -0.25) is 14.6 Å². The maximum absolute atomic E-state index is 12.9. The number of aromatic nitrogens is 1. The van der Waals surface area contributed by atoms with Crippen molar-refractivity contribution < 1.29 is 19.8 Å². The molecule has 1 aromatic heterocycles. The molecule has 2 unspecified atom stereocenters. The molecule has 0 aliphatic carbocycles. The van der Waals surface area contributed by atoms with Crippen molar-refractivity contribution in [3.8, 4) is 5.75 Å². The molecule has 1 fully saturated rings. The lowest BCUT2D eigenvalue weighted by molar-refractivity contribution is -0.140. The van der Waals surface area contributed by atoms with Crippen LogP contribution in [0.25, 0.3) is 10.9 Å². The molecule has 1 saturated heterocycles. The summed E-state index contributed by atoms with van der Waals surface area (Å²) in [7, 11) is 0. The Morgan fingerprint density at radius 1 is 1.23 bits per heavy atom. The molecule has 0 spiro atoms. The Hall–Kier alpha value is -2.97. The minimum Gasteiger partial charge on any atom is -0.508 e. The van der Waals surface area contributed by atoms with Crippen LogP contribution in [0.15, 0.2) is 54.7 Å². The Morgan fingerprint density at radius 3 is 2.84 bits per heavy atom. The van der Waals surface area contributed by atoms with Crippen LogP contribution in [0.1, 0.15) is 17.4 Å². The van der Waals surface area contributed by atoms with E-state index in [-0.39, 0.29) is 23.5 Å². The summed E-state index contributed by atoms with van der Waals surface area (Å²) in [4.78, 5) is 30.1.